The van der Waals surface area contributed by atoms with Crippen molar-refractivity contribution >= 4 is 0 Å². The molecule has 2 N–H and O–H groups in total. The second-order valence-corrected chi connectivity index (χ2v) is 5.98. The number of nitrogens with zero attached hydrogens (tertiary/aromatic N) is 1. The van der Waals surface area contributed by atoms with Gasteiger partial charge in [-0.1, -0.05) is 18.6 Å². The topological polar surface area (TPSA) is 29.3 Å². The number of nitrogens with two attached hydrogens (primary N) is 1. The number of likely N-dealkylation sites (tertiary alicyclic amines) is 1. The van der Waals surface area contributed by atoms with E-state index in [0.717, 1.165) is 18.4 Å². The summed E-state index contributed by atoms with van der Waals surface area (Å²) in [4.78, 5) is 2.56. The van der Waals surface area contributed by atoms with Crippen molar-refractivity contribution in [2.75, 3.05) is 6.54 Å². The lowest BCUT2D eigenvalue weighted by atomic mass is 9.92. The molecule has 1 fully saturated rings. The highest BCUT2D eigenvalue weighted by atomic mass is 19.1. The Bertz CT molecular complexity index is 460. The molecule has 1 saturated heterocycles. The van der Waals surface area contributed by atoms with Crippen molar-refractivity contribution in [2.45, 2.75) is 57.2 Å². The van der Waals surface area contributed by atoms with Crippen LogP contribution in [0.25, 0.3) is 0 Å². The maximum Gasteiger partial charge on any atom is 0.126 e. The van der Waals surface area contributed by atoms with Gasteiger partial charge in [0.05, 0.1) is 0 Å². The molecule has 0 radical (unpaired) electrons. The van der Waals surface area contributed by atoms with Crippen LogP contribution >= 0.6 is 0 Å². The number of hydrogen-bond donors (Lipinski definition) is 1. The fraction of sp³-hybridized carbons (Fsp3) is 0.625. The zero-order valence-corrected chi connectivity index (χ0v) is 11.6. The van der Waals surface area contributed by atoms with Crippen LogP contribution in [0.2, 0.25) is 0 Å². The fourth-order valence-corrected chi connectivity index (χ4v) is 4.01. The predicted octanol–water partition coefficient (Wildman–Crippen LogP) is 3.01. The van der Waals surface area contributed by atoms with E-state index in [1.54, 1.807) is 6.07 Å². The summed E-state index contributed by atoms with van der Waals surface area (Å²) in [5.74, 6) is -0.0334. The van der Waals surface area contributed by atoms with Crippen molar-refractivity contribution in [1.82, 2.24) is 4.90 Å². The van der Waals surface area contributed by atoms with E-state index >= 15 is 0 Å². The van der Waals surface area contributed by atoms with E-state index in [4.69, 9.17) is 5.73 Å². The average Bonchev–Trinajstić information content (AvgIpc) is 2.83. The number of hydrogen-bond acceptors (Lipinski definition) is 2. The highest BCUT2D eigenvalue weighted by Gasteiger charge is 2.37. The van der Waals surface area contributed by atoms with Crippen LogP contribution in [-0.2, 0) is 6.42 Å². The van der Waals surface area contributed by atoms with E-state index in [1.165, 1.54) is 24.8 Å². The summed E-state index contributed by atoms with van der Waals surface area (Å²) in [6.07, 6.45) is 5.59. The highest BCUT2D eigenvalue weighted by Crippen LogP contribution is 2.41. The van der Waals surface area contributed by atoms with Crippen LogP contribution in [0.15, 0.2) is 18.2 Å². The molecule has 0 bridgehead atoms. The summed E-state index contributed by atoms with van der Waals surface area (Å²) in [5.41, 5.74) is 8.09. The molecule has 0 aromatic heterocycles. The van der Waals surface area contributed by atoms with Crippen LogP contribution < -0.4 is 5.73 Å². The molecule has 3 atom stereocenters. The van der Waals surface area contributed by atoms with E-state index in [0.29, 0.717) is 24.7 Å². The van der Waals surface area contributed by atoms with Crippen LogP contribution in [0, 0.1) is 5.82 Å². The monoisotopic (exact) mass is 262 g/mol. The summed E-state index contributed by atoms with van der Waals surface area (Å²) >= 11 is 0. The Hall–Kier alpha value is -0.930. The van der Waals surface area contributed by atoms with Gasteiger partial charge < -0.3 is 5.73 Å². The van der Waals surface area contributed by atoms with Gasteiger partial charge in [-0.3, -0.25) is 4.90 Å². The normalized spacial score (nSPS) is 31.4. The molecule has 0 amide bonds. The van der Waals surface area contributed by atoms with E-state index in [-0.39, 0.29) is 5.82 Å². The number of rotatable bonds is 2. The molecule has 2 nitrogen and oxygen atoms in total. The first-order valence-electron chi connectivity index (χ1n) is 7.47. The minimum atomic E-state index is -0.0334. The van der Waals surface area contributed by atoms with E-state index in [2.05, 4.69) is 17.9 Å². The lowest BCUT2D eigenvalue weighted by molar-refractivity contribution is 0.0497. The molecule has 1 aliphatic heterocycles. The molecule has 1 aliphatic carbocycles. The van der Waals surface area contributed by atoms with Crippen molar-refractivity contribution in [3.05, 3.63) is 35.1 Å². The molecule has 3 unspecified atom stereocenters. The Labute approximate surface area is 114 Å². The first-order valence-corrected chi connectivity index (χ1v) is 7.47. The molecule has 104 valence electrons. The number of halogens is 1. The van der Waals surface area contributed by atoms with Gasteiger partial charge in [-0.05, 0) is 49.8 Å². The Kier molecular flexibility index (Phi) is 3.59. The minimum Gasteiger partial charge on any atom is -0.329 e. The van der Waals surface area contributed by atoms with Crippen LogP contribution in [-0.4, -0.2) is 23.5 Å². The molecule has 1 aromatic rings. The SMILES string of the molecule is CC1CCCC(CN)N1C1CCc2c(F)cccc21. The van der Waals surface area contributed by atoms with Crippen molar-refractivity contribution in [3.8, 4) is 0 Å². The largest absolute Gasteiger partial charge is 0.329 e. The zero-order chi connectivity index (χ0) is 13.4. The van der Waals surface area contributed by atoms with Crippen molar-refractivity contribution in [2.24, 2.45) is 5.73 Å². The van der Waals surface area contributed by atoms with E-state index < -0.39 is 0 Å². The lowest BCUT2D eigenvalue weighted by Gasteiger charge is -2.44. The zero-order valence-electron chi connectivity index (χ0n) is 11.6. The highest BCUT2D eigenvalue weighted by molar-refractivity contribution is 5.36. The number of fused-ring (bicyclic) bond motifs is 1. The molecule has 0 saturated carbocycles. The maximum atomic E-state index is 13.9. The van der Waals surface area contributed by atoms with Gasteiger partial charge in [0.15, 0.2) is 0 Å². The standard InChI is InChI=1S/C16H23FN2/c1-11-4-2-5-12(10-18)19(11)16-9-8-13-14(16)6-3-7-15(13)17/h3,6-7,11-12,16H,2,4-5,8-10,18H2,1H3. The van der Waals surface area contributed by atoms with Gasteiger partial charge in [0.1, 0.15) is 5.82 Å². The van der Waals surface area contributed by atoms with Gasteiger partial charge in [-0.15, -0.1) is 0 Å². The van der Waals surface area contributed by atoms with Crippen molar-refractivity contribution in [3.63, 3.8) is 0 Å². The number of benzene rings is 1. The molecule has 0 spiro atoms. The van der Waals surface area contributed by atoms with Gasteiger partial charge in [-0.25, -0.2) is 4.39 Å². The molecule has 19 heavy (non-hydrogen) atoms. The second-order valence-electron chi connectivity index (χ2n) is 5.98. The Morgan fingerprint density at radius 2 is 2.16 bits per heavy atom. The molecule has 3 rings (SSSR count). The summed E-state index contributed by atoms with van der Waals surface area (Å²) < 4.78 is 13.9. The van der Waals surface area contributed by atoms with Gasteiger partial charge in [0.25, 0.3) is 0 Å². The molecule has 3 heteroatoms. The fourth-order valence-electron chi connectivity index (χ4n) is 4.01. The van der Waals surface area contributed by atoms with Gasteiger partial charge >= 0.3 is 0 Å². The summed E-state index contributed by atoms with van der Waals surface area (Å²) in [6, 6.07) is 6.92. The van der Waals surface area contributed by atoms with Crippen LogP contribution in [0.1, 0.15) is 49.8 Å². The molecular weight excluding hydrogens is 239 g/mol. The van der Waals surface area contributed by atoms with Gasteiger partial charge in [0.2, 0.25) is 0 Å². The quantitative estimate of drug-likeness (QED) is 0.887. The second kappa shape index (κ2) is 5.22. The van der Waals surface area contributed by atoms with Crippen LogP contribution in [0.5, 0.6) is 0 Å². The Morgan fingerprint density at radius 3 is 2.95 bits per heavy atom. The van der Waals surface area contributed by atoms with Crippen LogP contribution in [0.3, 0.4) is 0 Å². The van der Waals surface area contributed by atoms with Gasteiger partial charge in [0, 0.05) is 24.7 Å². The lowest BCUT2D eigenvalue weighted by Crippen LogP contribution is -2.50. The Balaban J connectivity index is 1.93. The maximum absolute atomic E-state index is 13.9. The summed E-state index contributed by atoms with van der Waals surface area (Å²) in [5, 5.41) is 0. The molecular formula is C16H23FN2. The molecule has 1 aromatic carbocycles. The molecule has 1 heterocycles. The van der Waals surface area contributed by atoms with E-state index in [1.807, 2.05) is 6.07 Å². The first kappa shape index (κ1) is 13.1. The summed E-state index contributed by atoms with van der Waals surface area (Å²) in [6.45, 7) is 3.00. The first-order chi connectivity index (χ1) is 9.22. The van der Waals surface area contributed by atoms with Crippen molar-refractivity contribution < 1.29 is 4.39 Å². The molecule has 2 aliphatic rings. The average molecular weight is 262 g/mol. The third-order valence-electron chi connectivity index (χ3n) is 4.90. The van der Waals surface area contributed by atoms with Gasteiger partial charge in [-0.2, -0.15) is 0 Å². The Morgan fingerprint density at radius 1 is 1.32 bits per heavy atom. The van der Waals surface area contributed by atoms with E-state index in [9.17, 15) is 4.39 Å². The third-order valence-corrected chi connectivity index (χ3v) is 4.90. The minimum absolute atomic E-state index is 0.0334. The third kappa shape index (κ3) is 2.19. The van der Waals surface area contributed by atoms with Crippen molar-refractivity contribution in [1.29, 1.82) is 0 Å². The number of piperidine rings is 1. The smallest absolute Gasteiger partial charge is 0.126 e. The predicted molar refractivity (Wildman–Crippen MR) is 75.5 cm³/mol. The van der Waals surface area contributed by atoms with Crippen LogP contribution in [0.4, 0.5) is 4.39 Å². The summed E-state index contributed by atoms with van der Waals surface area (Å²) in [7, 11) is 0.